The van der Waals surface area contributed by atoms with Gasteiger partial charge in [-0.25, -0.2) is 4.79 Å². The zero-order valence-corrected chi connectivity index (χ0v) is 25.0. The second-order valence-electron chi connectivity index (χ2n) is 10.5. The molecule has 0 radical (unpaired) electrons. The molecule has 3 aromatic carbocycles. The van der Waals surface area contributed by atoms with E-state index in [0.717, 1.165) is 33.3 Å². The molecule has 1 aromatic heterocycles. The molecule has 40 heavy (non-hydrogen) atoms. The number of amides is 1. The molecule has 0 spiro atoms. The van der Waals surface area contributed by atoms with Crippen molar-refractivity contribution in [3.05, 3.63) is 98.2 Å². The summed E-state index contributed by atoms with van der Waals surface area (Å²) in [4.78, 5) is 24.5. The Bertz CT molecular complexity index is 1590. The number of rotatable bonds is 9. The number of ether oxygens (including phenoxy) is 1. The van der Waals surface area contributed by atoms with E-state index < -0.39 is 12.1 Å². The van der Waals surface area contributed by atoms with E-state index in [1.54, 1.807) is 12.1 Å². The Kier molecular flexibility index (Phi) is 8.81. The maximum Gasteiger partial charge on any atom is 0.344 e. The van der Waals surface area contributed by atoms with Crippen LogP contribution in [0, 0.1) is 13.8 Å². The summed E-state index contributed by atoms with van der Waals surface area (Å²) in [6.07, 6.45) is -1.06. The highest BCUT2D eigenvalue weighted by atomic mass is 35.5. The molecule has 1 amide bonds. The van der Waals surface area contributed by atoms with Gasteiger partial charge in [-0.3, -0.25) is 4.79 Å². The Morgan fingerprint density at radius 1 is 0.950 bits per heavy atom. The van der Waals surface area contributed by atoms with Gasteiger partial charge in [-0.05, 0) is 86.2 Å². The number of benzene rings is 3. The van der Waals surface area contributed by atoms with Crippen LogP contribution in [0.4, 0.5) is 0 Å². The van der Waals surface area contributed by atoms with Crippen LogP contribution >= 0.6 is 23.2 Å². The molecule has 0 aliphatic rings. The summed E-state index contributed by atoms with van der Waals surface area (Å²) < 4.78 is 7.66. The molecule has 0 saturated carbocycles. The van der Waals surface area contributed by atoms with Crippen LogP contribution in [0.5, 0.6) is 5.75 Å². The molecule has 6 nitrogen and oxygen atoms in total. The maximum absolute atomic E-state index is 13.2. The Labute approximate surface area is 244 Å². The molecule has 4 rings (SSSR count). The summed E-state index contributed by atoms with van der Waals surface area (Å²) in [5.41, 5.74) is 6.67. The van der Waals surface area contributed by atoms with E-state index in [-0.39, 0.29) is 22.7 Å². The molecule has 8 heteroatoms. The zero-order chi connectivity index (χ0) is 29.3. The Morgan fingerprint density at radius 3 is 2.33 bits per heavy atom. The van der Waals surface area contributed by atoms with Gasteiger partial charge in [0.15, 0.2) is 6.10 Å². The van der Waals surface area contributed by atoms with Gasteiger partial charge in [-0.1, -0.05) is 61.3 Å². The van der Waals surface area contributed by atoms with Crippen molar-refractivity contribution in [2.75, 3.05) is 0 Å². The second kappa shape index (κ2) is 11.9. The summed E-state index contributed by atoms with van der Waals surface area (Å²) in [7, 11) is 0. The minimum atomic E-state index is -1.09. The smallest absolute Gasteiger partial charge is 0.344 e. The van der Waals surface area contributed by atoms with E-state index in [9.17, 15) is 14.7 Å². The number of hydrogen-bond acceptors (Lipinski definition) is 3. The topological polar surface area (TPSA) is 80.6 Å². The fraction of sp³-hybridized carbons (Fsp3) is 0.312. The van der Waals surface area contributed by atoms with E-state index in [2.05, 4.69) is 35.9 Å². The number of nitrogens with zero attached hydrogens (tertiary/aromatic N) is 1. The van der Waals surface area contributed by atoms with Crippen molar-refractivity contribution >= 4 is 46.0 Å². The number of halogens is 2. The van der Waals surface area contributed by atoms with Gasteiger partial charge in [-0.2, -0.15) is 0 Å². The summed E-state index contributed by atoms with van der Waals surface area (Å²) in [6, 6.07) is 17.1. The third-order valence-electron chi connectivity index (χ3n) is 7.41. The molecule has 0 bridgehead atoms. The highest BCUT2D eigenvalue weighted by Gasteiger charge is 2.20. The van der Waals surface area contributed by atoms with Crippen LogP contribution in [0.3, 0.4) is 0 Å². The number of carbonyl (C=O) groups is 2. The molecule has 1 heterocycles. The highest BCUT2D eigenvalue weighted by Crippen LogP contribution is 2.34. The number of fused-ring (bicyclic) bond motifs is 1. The first-order valence-corrected chi connectivity index (χ1v) is 14.0. The van der Waals surface area contributed by atoms with Gasteiger partial charge < -0.3 is 19.7 Å². The Balaban J connectivity index is 1.61. The predicted molar refractivity (Wildman–Crippen MR) is 161 cm³/mol. The average molecular weight is 582 g/mol. The number of carbonyl (C=O) groups excluding carboxylic acids is 1. The fourth-order valence-corrected chi connectivity index (χ4v) is 5.23. The van der Waals surface area contributed by atoms with Crippen LogP contribution in [-0.2, 0) is 11.3 Å². The molecule has 2 atom stereocenters. The van der Waals surface area contributed by atoms with E-state index in [1.807, 2.05) is 51.1 Å². The first-order valence-electron chi connectivity index (χ1n) is 13.2. The van der Waals surface area contributed by atoms with Crippen LogP contribution in [0.2, 0.25) is 10.0 Å². The molecule has 0 saturated heterocycles. The minimum Gasteiger partial charge on any atom is -0.479 e. The number of carboxylic acid groups (broad SMARTS) is 1. The molecule has 1 unspecified atom stereocenters. The Morgan fingerprint density at radius 2 is 1.65 bits per heavy atom. The van der Waals surface area contributed by atoms with E-state index in [4.69, 9.17) is 27.9 Å². The number of aryl methyl sites for hydroxylation is 1. The molecule has 0 aliphatic carbocycles. The van der Waals surface area contributed by atoms with Crippen LogP contribution in [0.25, 0.3) is 10.9 Å². The third kappa shape index (κ3) is 6.13. The Hall–Kier alpha value is -3.48. The predicted octanol–water partition coefficient (Wildman–Crippen LogP) is 8.08. The molecule has 0 fully saturated rings. The zero-order valence-electron chi connectivity index (χ0n) is 23.5. The van der Waals surface area contributed by atoms with Gasteiger partial charge in [-0.15, -0.1) is 0 Å². The summed E-state index contributed by atoms with van der Waals surface area (Å²) in [5.74, 6) is -0.553. The van der Waals surface area contributed by atoms with Gasteiger partial charge in [0.1, 0.15) is 5.75 Å². The van der Waals surface area contributed by atoms with Crippen molar-refractivity contribution in [1.82, 2.24) is 9.88 Å². The van der Waals surface area contributed by atoms with Crippen LogP contribution in [0.15, 0.2) is 54.6 Å². The minimum absolute atomic E-state index is 0.135. The van der Waals surface area contributed by atoms with E-state index >= 15 is 0 Å². The van der Waals surface area contributed by atoms with E-state index in [1.165, 1.54) is 12.5 Å². The number of nitrogens with one attached hydrogen (secondary N) is 1. The van der Waals surface area contributed by atoms with Gasteiger partial charge in [0, 0.05) is 33.7 Å². The fourth-order valence-electron chi connectivity index (χ4n) is 4.74. The lowest BCUT2D eigenvalue weighted by atomic mass is 9.98. The monoisotopic (exact) mass is 580 g/mol. The number of carboxylic acids is 1. The van der Waals surface area contributed by atoms with Gasteiger partial charge in [0.2, 0.25) is 0 Å². The molecule has 2 N–H and O–H groups in total. The van der Waals surface area contributed by atoms with Gasteiger partial charge >= 0.3 is 5.97 Å². The number of hydrogen-bond donors (Lipinski definition) is 2. The summed E-state index contributed by atoms with van der Waals surface area (Å²) in [5, 5.41) is 14.0. The second-order valence-corrected chi connectivity index (χ2v) is 11.3. The van der Waals surface area contributed by atoms with Crippen LogP contribution < -0.4 is 10.1 Å². The first kappa shape index (κ1) is 29.5. The summed E-state index contributed by atoms with van der Waals surface area (Å²) >= 11 is 12.8. The lowest BCUT2D eigenvalue weighted by Crippen LogP contribution is -2.26. The van der Waals surface area contributed by atoms with Crippen molar-refractivity contribution < 1.29 is 19.4 Å². The molecule has 4 aromatic rings. The normalized spacial score (nSPS) is 12.9. The molecular weight excluding hydrogens is 547 g/mol. The maximum atomic E-state index is 13.2. The van der Waals surface area contributed by atoms with Crippen molar-refractivity contribution in [2.45, 2.75) is 66.2 Å². The quantitative estimate of drug-likeness (QED) is 0.209. The SMILES string of the molecule is Cc1c(C)n(Cc2cc(OC(C)C(=O)O)c(Cl)cc2Cl)c2ccc(C(=O)N[C@@H](C)c3cccc(C(C)C)c3)cc12. The summed E-state index contributed by atoms with van der Waals surface area (Å²) in [6.45, 7) is 12.2. The molecule has 0 aliphatic heterocycles. The van der Waals surface area contributed by atoms with E-state index in [0.29, 0.717) is 23.0 Å². The van der Waals surface area contributed by atoms with Gasteiger partial charge in [0.05, 0.1) is 11.1 Å². The van der Waals surface area contributed by atoms with Crippen molar-refractivity contribution in [1.29, 1.82) is 0 Å². The standard InChI is InChI=1S/C32H34Cl2N2O4/c1-17(2)22-8-7-9-23(12-22)19(4)35-31(37)24-10-11-29-26(13-24)18(3)20(5)36(29)16-25-14-30(28(34)15-27(25)33)40-21(6)32(38)39/h7-15,17,19,21H,16H2,1-6H3,(H,35,37)(H,38,39)/t19-,21?/m0/s1. The third-order valence-corrected chi connectivity index (χ3v) is 8.05. The largest absolute Gasteiger partial charge is 0.479 e. The van der Waals surface area contributed by atoms with Crippen molar-refractivity contribution in [3.8, 4) is 5.75 Å². The molecule has 210 valence electrons. The number of aromatic nitrogens is 1. The van der Waals surface area contributed by atoms with Crippen LogP contribution in [0.1, 0.15) is 78.0 Å². The number of aliphatic carboxylic acids is 1. The van der Waals surface area contributed by atoms with Crippen molar-refractivity contribution in [3.63, 3.8) is 0 Å². The highest BCUT2D eigenvalue weighted by molar-refractivity contribution is 6.36. The van der Waals surface area contributed by atoms with Gasteiger partial charge in [0.25, 0.3) is 5.91 Å². The van der Waals surface area contributed by atoms with Crippen LogP contribution in [-0.4, -0.2) is 27.7 Å². The average Bonchev–Trinajstić information content (AvgIpc) is 3.15. The lowest BCUT2D eigenvalue weighted by Gasteiger charge is -2.17. The van der Waals surface area contributed by atoms with Crippen molar-refractivity contribution in [2.24, 2.45) is 0 Å². The lowest BCUT2D eigenvalue weighted by molar-refractivity contribution is -0.144. The first-order chi connectivity index (χ1) is 18.9. The molecular formula is C32H34Cl2N2O4.